The number of amides is 2. The van der Waals surface area contributed by atoms with Crippen LogP contribution in [0, 0.1) is 12.8 Å². The van der Waals surface area contributed by atoms with Gasteiger partial charge in [0.25, 0.3) is 11.8 Å². The molecular weight excluding hydrogens is 290 g/mol. The number of carbonyl (C=O) groups is 2. The van der Waals surface area contributed by atoms with Gasteiger partial charge in [0.2, 0.25) is 0 Å². The summed E-state index contributed by atoms with van der Waals surface area (Å²) in [6.45, 7) is 6.55. The molecular formula is C18H21N3O2. The van der Waals surface area contributed by atoms with Crippen molar-refractivity contribution in [1.29, 1.82) is 0 Å². The van der Waals surface area contributed by atoms with Gasteiger partial charge >= 0.3 is 0 Å². The number of pyridine rings is 1. The second-order valence-corrected chi connectivity index (χ2v) is 5.80. The minimum atomic E-state index is -0.335. The first-order valence-corrected chi connectivity index (χ1v) is 7.58. The number of hydrogen-bond acceptors (Lipinski definition) is 3. The molecule has 0 aliphatic heterocycles. The van der Waals surface area contributed by atoms with E-state index >= 15 is 0 Å². The molecule has 5 nitrogen and oxygen atoms in total. The van der Waals surface area contributed by atoms with Gasteiger partial charge in [-0.05, 0) is 36.6 Å². The molecule has 0 fully saturated rings. The fourth-order valence-electron chi connectivity index (χ4n) is 1.99. The minimum Gasteiger partial charge on any atom is -0.352 e. The molecule has 2 aromatic rings. The van der Waals surface area contributed by atoms with E-state index in [0.717, 1.165) is 11.3 Å². The van der Waals surface area contributed by atoms with Crippen molar-refractivity contribution in [3.8, 4) is 0 Å². The SMILES string of the molecule is Cc1ccccc1NC(=O)c1cc(C(=O)NCC(C)C)ccn1. The number of anilines is 1. The van der Waals surface area contributed by atoms with E-state index in [1.165, 1.54) is 12.3 Å². The average molecular weight is 311 g/mol. The number of rotatable bonds is 5. The number of nitrogens with one attached hydrogen (secondary N) is 2. The summed E-state index contributed by atoms with van der Waals surface area (Å²) in [5.41, 5.74) is 2.33. The largest absolute Gasteiger partial charge is 0.352 e. The van der Waals surface area contributed by atoms with Crippen LogP contribution >= 0.6 is 0 Å². The van der Waals surface area contributed by atoms with Gasteiger partial charge in [0.15, 0.2) is 0 Å². The molecule has 0 atom stereocenters. The van der Waals surface area contributed by atoms with E-state index in [9.17, 15) is 9.59 Å². The Labute approximate surface area is 136 Å². The van der Waals surface area contributed by atoms with Gasteiger partial charge in [0.1, 0.15) is 5.69 Å². The molecule has 0 saturated carbocycles. The molecule has 0 aliphatic rings. The fourth-order valence-corrected chi connectivity index (χ4v) is 1.99. The van der Waals surface area contributed by atoms with Crippen LogP contribution in [0.4, 0.5) is 5.69 Å². The van der Waals surface area contributed by atoms with Crippen molar-refractivity contribution in [3.05, 3.63) is 59.4 Å². The summed E-state index contributed by atoms with van der Waals surface area (Å²) >= 11 is 0. The molecule has 1 aromatic carbocycles. The van der Waals surface area contributed by atoms with E-state index in [1.807, 2.05) is 45.0 Å². The van der Waals surface area contributed by atoms with Crippen molar-refractivity contribution >= 4 is 17.5 Å². The van der Waals surface area contributed by atoms with Crippen LogP contribution in [-0.4, -0.2) is 23.3 Å². The zero-order valence-corrected chi connectivity index (χ0v) is 13.6. The molecule has 1 heterocycles. The topological polar surface area (TPSA) is 71.1 Å². The second kappa shape index (κ2) is 7.54. The molecule has 0 saturated heterocycles. The van der Waals surface area contributed by atoms with Crippen molar-refractivity contribution in [3.63, 3.8) is 0 Å². The molecule has 2 rings (SSSR count). The van der Waals surface area contributed by atoms with Crippen LogP contribution < -0.4 is 10.6 Å². The van der Waals surface area contributed by atoms with Crippen molar-refractivity contribution < 1.29 is 9.59 Å². The molecule has 2 N–H and O–H groups in total. The maximum atomic E-state index is 12.3. The van der Waals surface area contributed by atoms with Crippen LogP contribution in [0.25, 0.3) is 0 Å². The Hall–Kier alpha value is -2.69. The molecule has 0 bridgehead atoms. The van der Waals surface area contributed by atoms with E-state index in [1.54, 1.807) is 6.07 Å². The number of carbonyl (C=O) groups excluding carboxylic acids is 2. The summed E-state index contributed by atoms with van der Waals surface area (Å²) in [6.07, 6.45) is 1.47. The maximum absolute atomic E-state index is 12.3. The van der Waals surface area contributed by atoms with E-state index in [0.29, 0.717) is 18.0 Å². The van der Waals surface area contributed by atoms with Crippen molar-refractivity contribution in [2.75, 3.05) is 11.9 Å². The molecule has 0 unspecified atom stereocenters. The van der Waals surface area contributed by atoms with Crippen LogP contribution in [0.2, 0.25) is 0 Å². The highest BCUT2D eigenvalue weighted by Gasteiger charge is 2.13. The van der Waals surface area contributed by atoms with Crippen LogP contribution in [0.3, 0.4) is 0 Å². The van der Waals surface area contributed by atoms with Crippen molar-refractivity contribution in [2.45, 2.75) is 20.8 Å². The number of aromatic nitrogens is 1. The molecule has 1 aromatic heterocycles. The predicted molar refractivity (Wildman–Crippen MR) is 90.5 cm³/mol. The lowest BCUT2D eigenvalue weighted by atomic mass is 10.1. The molecule has 5 heteroatoms. The Bertz CT molecular complexity index is 711. The van der Waals surface area contributed by atoms with Gasteiger partial charge in [0.05, 0.1) is 0 Å². The number of aryl methyl sites for hydroxylation is 1. The molecule has 2 amide bonds. The number of hydrogen-bond donors (Lipinski definition) is 2. The van der Waals surface area contributed by atoms with Gasteiger partial charge in [0, 0.05) is 24.0 Å². The molecule has 0 spiro atoms. The summed E-state index contributed by atoms with van der Waals surface area (Å²) in [7, 11) is 0. The van der Waals surface area contributed by atoms with Gasteiger partial charge in [-0.15, -0.1) is 0 Å². The summed E-state index contributed by atoms with van der Waals surface area (Å²) < 4.78 is 0. The zero-order chi connectivity index (χ0) is 16.8. The third-order valence-corrected chi connectivity index (χ3v) is 3.32. The predicted octanol–water partition coefficient (Wildman–Crippen LogP) is 3.03. The van der Waals surface area contributed by atoms with Crippen molar-refractivity contribution in [1.82, 2.24) is 10.3 Å². The molecule has 120 valence electrons. The highest BCUT2D eigenvalue weighted by molar-refractivity contribution is 6.05. The van der Waals surface area contributed by atoms with Gasteiger partial charge in [-0.1, -0.05) is 32.0 Å². The van der Waals surface area contributed by atoms with E-state index < -0.39 is 0 Å². The van der Waals surface area contributed by atoms with Crippen LogP contribution in [0.5, 0.6) is 0 Å². The Kier molecular flexibility index (Phi) is 5.46. The lowest BCUT2D eigenvalue weighted by molar-refractivity contribution is 0.0949. The Morgan fingerprint density at radius 3 is 2.57 bits per heavy atom. The lowest BCUT2D eigenvalue weighted by Gasteiger charge is -2.10. The monoisotopic (exact) mass is 311 g/mol. The molecule has 0 aliphatic carbocycles. The van der Waals surface area contributed by atoms with Crippen LogP contribution in [0.15, 0.2) is 42.6 Å². The zero-order valence-electron chi connectivity index (χ0n) is 13.6. The summed E-state index contributed by atoms with van der Waals surface area (Å²) in [5, 5.41) is 5.63. The first-order chi connectivity index (χ1) is 11.0. The first kappa shape index (κ1) is 16.7. The highest BCUT2D eigenvalue weighted by atomic mass is 16.2. The van der Waals surface area contributed by atoms with E-state index in [4.69, 9.17) is 0 Å². The van der Waals surface area contributed by atoms with Gasteiger partial charge in [-0.3, -0.25) is 14.6 Å². The molecule has 23 heavy (non-hydrogen) atoms. The summed E-state index contributed by atoms with van der Waals surface area (Å²) in [4.78, 5) is 28.4. The number of benzene rings is 1. The standard InChI is InChI=1S/C18H21N3O2/c1-12(2)11-20-17(22)14-8-9-19-16(10-14)18(23)21-15-7-5-4-6-13(15)3/h4-10,12H,11H2,1-3H3,(H,20,22)(H,21,23). The normalized spacial score (nSPS) is 10.4. The van der Waals surface area contributed by atoms with Crippen LogP contribution in [-0.2, 0) is 0 Å². The van der Waals surface area contributed by atoms with Crippen molar-refractivity contribution in [2.24, 2.45) is 5.92 Å². The van der Waals surface area contributed by atoms with Crippen LogP contribution in [0.1, 0.15) is 40.3 Å². The lowest BCUT2D eigenvalue weighted by Crippen LogP contribution is -2.27. The van der Waals surface area contributed by atoms with Gasteiger partial charge in [-0.2, -0.15) is 0 Å². The first-order valence-electron chi connectivity index (χ1n) is 7.58. The fraction of sp³-hybridized carbons (Fsp3) is 0.278. The minimum absolute atomic E-state index is 0.203. The average Bonchev–Trinajstić information content (AvgIpc) is 2.54. The second-order valence-electron chi connectivity index (χ2n) is 5.80. The Morgan fingerprint density at radius 1 is 1.13 bits per heavy atom. The van der Waals surface area contributed by atoms with E-state index in [-0.39, 0.29) is 17.5 Å². The third kappa shape index (κ3) is 4.64. The van der Waals surface area contributed by atoms with Gasteiger partial charge < -0.3 is 10.6 Å². The number of nitrogens with zero attached hydrogens (tertiary/aromatic N) is 1. The maximum Gasteiger partial charge on any atom is 0.274 e. The highest BCUT2D eigenvalue weighted by Crippen LogP contribution is 2.14. The quantitative estimate of drug-likeness (QED) is 0.891. The van der Waals surface area contributed by atoms with Gasteiger partial charge in [-0.25, -0.2) is 0 Å². The Morgan fingerprint density at radius 2 is 1.87 bits per heavy atom. The van der Waals surface area contributed by atoms with E-state index in [2.05, 4.69) is 15.6 Å². The molecule has 0 radical (unpaired) electrons. The summed E-state index contributed by atoms with van der Waals surface area (Å²) in [5.74, 6) is -0.173. The summed E-state index contributed by atoms with van der Waals surface area (Å²) in [6, 6.07) is 10.6. The third-order valence-electron chi connectivity index (χ3n) is 3.32. The smallest absolute Gasteiger partial charge is 0.274 e. The Balaban J connectivity index is 2.11. The number of para-hydroxylation sites is 1.